The SMILES string of the molecule is O=C(NCCC1CCN(c2ccncc2)CC1)N1CC2CCCC2C1. The molecule has 0 bridgehead atoms. The lowest BCUT2D eigenvalue weighted by Gasteiger charge is -2.33. The lowest BCUT2D eigenvalue weighted by atomic mass is 9.93. The minimum Gasteiger partial charge on any atom is -0.371 e. The van der Waals surface area contributed by atoms with Crippen LogP contribution in [0.1, 0.15) is 38.5 Å². The van der Waals surface area contributed by atoms with Crippen LogP contribution in [-0.4, -0.2) is 48.6 Å². The van der Waals surface area contributed by atoms with Gasteiger partial charge >= 0.3 is 6.03 Å². The molecule has 4 rings (SSSR count). The lowest BCUT2D eigenvalue weighted by molar-refractivity contribution is 0.204. The third kappa shape index (κ3) is 3.91. The summed E-state index contributed by atoms with van der Waals surface area (Å²) in [6.45, 7) is 5.02. The van der Waals surface area contributed by atoms with Gasteiger partial charge in [-0.05, 0) is 62.0 Å². The molecule has 3 fully saturated rings. The number of hydrogen-bond acceptors (Lipinski definition) is 3. The number of fused-ring (bicyclic) bond motifs is 1. The number of likely N-dealkylation sites (tertiary alicyclic amines) is 1. The van der Waals surface area contributed by atoms with Crippen LogP contribution in [0.15, 0.2) is 24.5 Å². The summed E-state index contributed by atoms with van der Waals surface area (Å²) in [5, 5.41) is 3.17. The number of urea groups is 1. The minimum absolute atomic E-state index is 0.170. The van der Waals surface area contributed by atoms with Crippen molar-refractivity contribution in [3.8, 4) is 0 Å². The van der Waals surface area contributed by atoms with Crippen LogP contribution in [0.2, 0.25) is 0 Å². The van der Waals surface area contributed by atoms with E-state index in [9.17, 15) is 4.79 Å². The van der Waals surface area contributed by atoms with Gasteiger partial charge in [-0.15, -0.1) is 0 Å². The molecule has 136 valence electrons. The number of nitrogens with one attached hydrogen (secondary N) is 1. The highest BCUT2D eigenvalue weighted by Crippen LogP contribution is 2.37. The van der Waals surface area contributed by atoms with Crippen molar-refractivity contribution in [3.05, 3.63) is 24.5 Å². The van der Waals surface area contributed by atoms with Crippen molar-refractivity contribution in [1.29, 1.82) is 0 Å². The Morgan fingerprint density at radius 3 is 2.44 bits per heavy atom. The third-order valence-corrected chi connectivity index (χ3v) is 6.48. The zero-order valence-electron chi connectivity index (χ0n) is 15.1. The van der Waals surface area contributed by atoms with E-state index < -0.39 is 0 Å². The molecule has 2 aliphatic heterocycles. The molecular weight excluding hydrogens is 312 g/mol. The predicted octanol–water partition coefficient (Wildman–Crippen LogP) is 3.13. The van der Waals surface area contributed by atoms with Gasteiger partial charge in [0.1, 0.15) is 0 Å². The number of amides is 2. The number of piperidine rings is 1. The molecule has 1 N–H and O–H groups in total. The highest BCUT2D eigenvalue weighted by molar-refractivity contribution is 5.74. The average Bonchev–Trinajstić information content (AvgIpc) is 3.25. The Morgan fingerprint density at radius 1 is 1.08 bits per heavy atom. The molecule has 1 aliphatic carbocycles. The van der Waals surface area contributed by atoms with Gasteiger partial charge in [0.05, 0.1) is 0 Å². The number of rotatable bonds is 4. The Kier molecular flexibility index (Phi) is 5.09. The first-order chi connectivity index (χ1) is 12.3. The molecular formula is C20H30N4O. The lowest BCUT2D eigenvalue weighted by Crippen LogP contribution is -2.40. The van der Waals surface area contributed by atoms with Crippen molar-refractivity contribution in [2.24, 2.45) is 17.8 Å². The largest absolute Gasteiger partial charge is 0.371 e. The summed E-state index contributed by atoms with van der Waals surface area (Å²) in [6.07, 6.45) is 11.3. The molecule has 3 aliphatic rings. The van der Waals surface area contributed by atoms with Crippen molar-refractivity contribution in [2.45, 2.75) is 38.5 Å². The molecule has 2 unspecified atom stereocenters. The van der Waals surface area contributed by atoms with E-state index >= 15 is 0 Å². The Morgan fingerprint density at radius 2 is 1.76 bits per heavy atom. The zero-order valence-corrected chi connectivity index (χ0v) is 15.1. The van der Waals surface area contributed by atoms with Crippen LogP contribution in [0.3, 0.4) is 0 Å². The second-order valence-corrected chi connectivity index (χ2v) is 8.01. The molecule has 0 spiro atoms. The number of nitrogens with zero attached hydrogens (tertiary/aromatic N) is 3. The van der Waals surface area contributed by atoms with Gasteiger partial charge in [0.2, 0.25) is 0 Å². The summed E-state index contributed by atoms with van der Waals surface area (Å²) in [4.78, 5) is 20.9. The molecule has 2 amide bonds. The van der Waals surface area contributed by atoms with Gasteiger partial charge < -0.3 is 15.1 Å². The van der Waals surface area contributed by atoms with Crippen LogP contribution in [0.4, 0.5) is 10.5 Å². The highest BCUT2D eigenvalue weighted by atomic mass is 16.2. The molecule has 0 radical (unpaired) electrons. The van der Waals surface area contributed by atoms with Crippen LogP contribution in [0.25, 0.3) is 0 Å². The third-order valence-electron chi connectivity index (χ3n) is 6.48. The van der Waals surface area contributed by atoms with Gasteiger partial charge in [0, 0.05) is 50.8 Å². The van der Waals surface area contributed by atoms with E-state index in [0.29, 0.717) is 0 Å². The van der Waals surface area contributed by atoms with E-state index in [1.165, 1.54) is 37.8 Å². The quantitative estimate of drug-likeness (QED) is 0.914. The molecule has 2 atom stereocenters. The molecule has 5 nitrogen and oxygen atoms in total. The van der Waals surface area contributed by atoms with Gasteiger partial charge in [0.15, 0.2) is 0 Å². The van der Waals surface area contributed by atoms with Gasteiger partial charge in [-0.2, -0.15) is 0 Å². The number of aromatic nitrogens is 1. The number of carbonyl (C=O) groups excluding carboxylic acids is 1. The topological polar surface area (TPSA) is 48.5 Å². The van der Waals surface area contributed by atoms with E-state index in [2.05, 4.69) is 32.2 Å². The smallest absolute Gasteiger partial charge is 0.317 e. The fourth-order valence-corrected chi connectivity index (χ4v) is 4.93. The van der Waals surface area contributed by atoms with Crippen LogP contribution >= 0.6 is 0 Å². The Labute approximate surface area is 150 Å². The molecule has 1 aromatic heterocycles. The molecule has 0 aromatic carbocycles. The second kappa shape index (κ2) is 7.63. The van der Waals surface area contributed by atoms with Crippen LogP contribution in [0.5, 0.6) is 0 Å². The summed E-state index contributed by atoms with van der Waals surface area (Å²) in [5.41, 5.74) is 1.28. The first-order valence-electron chi connectivity index (χ1n) is 9.97. The van der Waals surface area contributed by atoms with E-state index in [1.807, 2.05) is 12.4 Å². The number of pyridine rings is 1. The molecule has 1 aromatic rings. The summed E-state index contributed by atoms with van der Waals surface area (Å²) >= 11 is 0. The maximum absolute atomic E-state index is 12.4. The Bertz CT molecular complexity index is 558. The fraction of sp³-hybridized carbons (Fsp3) is 0.700. The molecule has 25 heavy (non-hydrogen) atoms. The second-order valence-electron chi connectivity index (χ2n) is 8.01. The van der Waals surface area contributed by atoms with Gasteiger partial charge in [-0.3, -0.25) is 4.98 Å². The summed E-state index contributed by atoms with van der Waals surface area (Å²) in [6, 6.07) is 4.35. The first kappa shape index (κ1) is 16.7. The summed E-state index contributed by atoms with van der Waals surface area (Å²) in [7, 11) is 0. The van der Waals surface area contributed by atoms with Gasteiger partial charge in [0.25, 0.3) is 0 Å². The summed E-state index contributed by atoms with van der Waals surface area (Å²) < 4.78 is 0. The van der Waals surface area contributed by atoms with E-state index in [0.717, 1.165) is 56.9 Å². The summed E-state index contributed by atoms with van der Waals surface area (Å²) in [5.74, 6) is 2.29. The maximum atomic E-state index is 12.4. The van der Waals surface area contributed by atoms with Crippen LogP contribution in [0, 0.1) is 17.8 Å². The average molecular weight is 342 g/mol. The van der Waals surface area contributed by atoms with Crippen molar-refractivity contribution < 1.29 is 4.79 Å². The first-order valence-corrected chi connectivity index (χ1v) is 9.97. The van der Waals surface area contributed by atoms with Crippen LogP contribution < -0.4 is 10.2 Å². The number of carbonyl (C=O) groups is 1. The molecule has 5 heteroatoms. The number of hydrogen-bond donors (Lipinski definition) is 1. The van der Waals surface area contributed by atoms with E-state index in [-0.39, 0.29) is 6.03 Å². The van der Waals surface area contributed by atoms with Crippen LogP contribution in [-0.2, 0) is 0 Å². The molecule has 1 saturated carbocycles. The molecule has 2 saturated heterocycles. The van der Waals surface area contributed by atoms with Crippen molar-refractivity contribution in [1.82, 2.24) is 15.2 Å². The van der Waals surface area contributed by atoms with E-state index in [1.54, 1.807) is 0 Å². The highest BCUT2D eigenvalue weighted by Gasteiger charge is 2.37. The maximum Gasteiger partial charge on any atom is 0.317 e. The van der Waals surface area contributed by atoms with Crippen molar-refractivity contribution >= 4 is 11.7 Å². The molecule has 3 heterocycles. The van der Waals surface area contributed by atoms with E-state index in [4.69, 9.17) is 0 Å². The predicted molar refractivity (Wildman–Crippen MR) is 99.6 cm³/mol. The number of anilines is 1. The Hall–Kier alpha value is -1.78. The van der Waals surface area contributed by atoms with Gasteiger partial charge in [-0.1, -0.05) is 6.42 Å². The Balaban J connectivity index is 1.15. The monoisotopic (exact) mass is 342 g/mol. The van der Waals surface area contributed by atoms with Crippen molar-refractivity contribution in [3.63, 3.8) is 0 Å². The zero-order chi connectivity index (χ0) is 17.1. The fourth-order valence-electron chi connectivity index (χ4n) is 4.93. The standard InChI is InChI=1S/C20H30N4O/c25-20(24-14-17-2-1-3-18(17)15-24)22-11-4-16-7-12-23(13-8-16)19-5-9-21-10-6-19/h5-6,9-10,16-18H,1-4,7-8,11-15H2,(H,22,25). The minimum atomic E-state index is 0.170. The van der Waals surface area contributed by atoms with Crippen molar-refractivity contribution in [2.75, 3.05) is 37.6 Å². The van der Waals surface area contributed by atoms with Gasteiger partial charge in [-0.25, -0.2) is 4.79 Å². The normalized spacial score (nSPS) is 26.7.